The number of hydrogen-bond acceptors (Lipinski definition) is 15. The van der Waals surface area contributed by atoms with Crippen LogP contribution in [0.2, 0.25) is 0 Å². The van der Waals surface area contributed by atoms with Crippen LogP contribution in [0.25, 0.3) is 0 Å². The third kappa shape index (κ3) is 7.44. The van der Waals surface area contributed by atoms with Crippen LogP contribution in [0.5, 0.6) is 0 Å². The molecule has 6 unspecified atom stereocenters. The molecule has 234 valence electrons. The van der Waals surface area contributed by atoms with E-state index in [9.17, 15) is 35.4 Å². The Balaban J connectivity index is 1.87. The van der Waals surface area contributed by atoms with Crippen molar-refractivity contribution in [3.8, 4) is 0 Å². The van der Waals surface area contributed by atoms with E-state index >= 15 is 0 Å². The monoisotopic (exact) mass is 599 g/mol. The number of nitrogens with two attached hydrogens (primary N) is 1. The highest BCUT2D eigenvalue weighted by atomic mass is 32.1. The van der Waals surface area contributed by atoms with Crippen LogP contribution in [0.15, 0.2) is 0 Å². The Morgan fingerprint density at radius 3 is 2.30 bits per heavy atom. The van der Waals surface area contributed by atoms with Gasteiger partial charge in [-0.1, -0.05) is 13.8 Å². The Hall–Kier alpha value is -0.700. The smallest absolute Gasteiger partial charge is 0.220 e. The zero-order chi connectivity index (χ0) is 29.9. The Labute approximate surface area is 238 Å². The summed E-state index contributed by atoms with van der Waals surface area (Å²) >= 11 is 4.35. The molecular weight excluding hydrogens is 554 g/mol. The van der Waals surface area contributed by atoms with Crippen LogP contribution < -0.4 is 16.4 Å². The van der Waals surface area contributed by atoms with Crippen molar-refractivity contribution >= 4 is 18.5 Å². The van der Waals surface area contributed by atoms with Crippen molar-refractivity contribution in [1.29, 1.82) is 0 Å². The van der Waals surface area contributed by atoms with Gasteiger partial charge in [-0.2, -0.15) is 12.6 Å². The van der Waals surface area contributed by atoms with E-state index in [1.54, 1.807) is 20.8 Å². The Bertz CT molecular complexity index is 832. The molecule has 0 aliphatic carbocycles. The minimum Gasteiger partial charge on any atom is -0.394 e. The average molecular weight is 600 g/mol. The van der Waals surface area contributed by atoms with Crippen LogP contribution in [0, 0.1) is 5.92 Å². The summed E-state index contributed by atoms with van der Waals surface area (Å²) in [6.07, 6.45) is -11.0. The number of carbonyl (C=O) groups excluding carboxylic acids is 1. The first-order chi connectivity index (χ1) is 18.7. The second-order valence-corrected chi connectivity index (χ2v) is 11.8. The molecular formula is C24H45N3O12S. The highest BCUT2D eigenvalue weighted by Crippen LogP contribution is 2.34. The summed E-state index contributed by atoms with van der Waals surface area (Å²) in [7, 11) is 0. The fourth-order valence-corrected chi connectivity index (χ4v) is 5.23. The lowest BCUT2D eigenvalue weighted by Gasteiger charge is -2.50. The molecule has 0 radical (unpaired) electrons. The van der Waals surface area contributed by atoms with Gasteiger partial charge in [0, 0.05) is 24.6 Å². The number of thiol groups is 1. The maximum atomic E-state index is 11.9. The lowest BCUT2D eigenvalue weighted by molar-refractivity contribution is -0.394. The number of aliphatic hydroxyl groups is 6. The summed E-state index contributed by atoms with van der Waals surface area (Å²) in [6.45, 7) is 5.02. The first-order valence-corrected chi connectivity index (χ1v) is 13.9. The van der Waals surface area contributed by atoms with Gasteiger partial charge in [-0.25, -0.2) is 0 Å². The second kappa shape index (κ2) is 14.2. The van der Waals surface area contributed by atoms with Crippen LogP contribution >= 0.6 is 12.6 Å². The summed E-state index contributed by atoms with van der Waals surface area (Å²) < 4.78 is 29.1. The SMILES string of the molecule is CC(=O)NC1[C@H](O[C@@H]2C(CO)O[C@@H](O[C@]3(O)CO[C@@H](C)C(N)[C@H]3O)C(NCC(C)S)[C@H]2O)OC(CO)[C@H](C)[C@@H]1O. The van der Waals surface area contributed by atoms with E-state index in [0.717, 1.165) is 0 Å². The molecule has 15 nitrogen and oxygen atoms in total. The first kappa shape index (κ1) is 33.8. The van der Waals surface area contributed by atoms with Crippen molar-refractivity contribution in [2.45, 2.75) is 112 Å². The van der Waals surface area contributed by atoms with Crippen molar-refractivity contribution in [3.63, 3.8) is 0 Å². The number of rotatable bonds is 10. The molecule has 0 saturated carbocycles. The van der Waals surface area contributed by atoms with Gasteiger partial charge in [0.1, 0.15) is 37.1 Å². The lowest BCUT2D eigenvalue weighted by Crippen LogP contribution is -2.71. The molecule has 3 heterocycles. The van der Waals surface area contributed by atoms with Gasteiger partial charge in [-0.3, -0.25) is 4.79 Å². The van der Waals surface area contributed by atoms with Crippen LogP contribution in [0.1, 0.15) is 27.7 Å². The zero-order valence-corrected chi connectivity index (χ0v) is 24.0. The molecule has 15 atom stereocenters. The Morgan fingerprint density at radius 1 is 1.10 bits per heavy atom. The molecule has 10 N–H and O–H groups in total. The minimum absolute atomic E-state index is 0.184. The fourth-order valence-electron chi connectivity index (χ4n) is 5.13. The van der Waals surface area contributed by atoms with Crippen LogP contribution in [-0.2, 0) is 28.5 Å². The second-order valence-electron chi connectivity index (χ2n) is 10.9. The van der Waals surface area contributed by atoms with E-state index in [-0.39, 0.29) is 11.8 Å². The highest BCUT2D eigenvalue weighted by molar-refractivity contribution is 7.80. The summed E-state index contributed by atoms with van der Waals surface area (Å²) in [6, 6.07) is -3.16. The van der Waals surface area contributed by atoms with E-state index in [1.165, 1.54) is 6.92 Å². The Kier molecular flexibility index (Phi) is 12.0. The van der Waals surface area contributed by atoms with Crippen LogP contribution in [0.4, 0.5) is 0 Å². The van der Waals surface area contributed by atoms with E-state index in [1.807, 2.05) is 0 Å². The van der Waals surface area contributed by atoms with Gasteiger partial charge in [0.15, 0.2) is 12.6 Å². The maximum Gasteiger partial charge on any atom is 0.220 e. The van der Waals surface area contributed by atoms with Crippen molar-refractivity contribution < 1.29 is 59.1 Å². The average Bonchev–Trinajstić information content (AvgIpc) is 2.90. The molecule has 0 aromatic carbocycles. The first-order valence-electron chi connectivity index (χ1n) is 13.4. The molecule has 1 amide bonds. The van der Waals surface area contributed by atoms with E-state index in [2.05, 4.69) is 23.3 Å². The van der Waals surface area contributed by atoms with Gasteiger partial charge >= 0.3 is 0 Å². The van der Waals surface area contributed by atoms with Crippen molar-refractivity contribution in [3.05, 3.63) is 0 Å². The summed E-state index contributed by atoms with van der Waals surface area (Å²) in [4.78, 5) is 11.9. The molecule has 3 aliphatic heterocycles. The highest BCUT2D eigenvalue weighted by Gasteiger charge is 2.55. The largest absolute Gasteiger partial charge is 0.394 e. The topological polar surface area (TPSA) is 235 Å². The molecule has 16 heteroatoms. The van der Waals surface area contributed by atoms with Gasteiger partial charge in [0.2, 0.25) is 11.7 Å². The molecule has 40 heavy (non-hydrogen) atoms. The van der Waals surface area contributed by atoms with Crippen molar-refractivity contribution in [2.24, 2.45) is 11.7 Å². The van der Waals surface area contributed by atoms with E-state index in [4.69, 9.17) is 29.4 Å². The minimum atomic E-state index is -2.30. The fraction of sp³-hybridized carbons (Fsp3) is 0.958. The normalized spacial score (nSPS) is 47.0. The van der Waals surface area contributed by atoms with Crippen molar-refractivity contribution in [2.75, 3.05) is 26.4 Å². The number of amides is 1. The molecule has 3 aliphatic rings. The van der Waals surface area contributed by atoms with Gasteiger partial charge in [0.05, 0.1) is 43.6 Å². The quantitative estimate of drug-likeness (QED) is 0.0846. The number of carbonyl (C=O) groups is 1. The lowest BCUT2D eigenvalue weighted by atomic mass is 9.89. The number of hydrogen-bond donors (Lipinski definition) is 10. The molecule has 3 rings (SSSR count). The molecule has 0 aromatic rings. The number of ether oxygens (including phenoxy) is 5. The van der Waals surface area contributed by atoms with Gasteiger partial charge < -0.3 is 70.7 Å². The number of nitrogens with one attached hydrogen (secondary N) is 2. The Morgan fingerprint density at radius 2 is 1.73 bits per heavy atom. The number of aliphatic hydroxyl groups excluding tert-OH is 5. The van der Waals surface area contributed by atoms with Crippen molar-refractivity contribution in [1.82, 2.24) is 10.6 Å². The third-order valence-electron chi connectivity index (χ3n) is 7.68. The maximum absolute atomic E-state index is 11.9. The van der Waals surface area contributed by atoms with Gasteiger partial charge in [-0.15, -0.1) is 0 Å². The molecule has 3 fully saturated rings. The third-order valence-corrected chi connectivity index (χ3v) is 7.86. The molecule has 0 spiro atoms. The van der Waals surface area contributed by atoms with Crippen LogP contribution in [0.3, 0.4) is 0 Å². The van der Waals surface area contributed by atoms with Crippen LogP contribution in [-0.4, -0.2) is 147 Å². The van der Waals surface area contributed by atoms with E-state index in [0.29, 0.717) is 0 Å². The zero-order valence-electron chi connectivity index (χ0n) is 23.1. The van der Waals surface area contributed by atoms with E-state index < -0.39 is 111 Å². The summed E-state index contributed by atoms with van der Waals surface area (Å²) in [5, 5.41) is 69.5. The molecule has 0 bridgehead atoms. The predicted molar refractivity (Wildman–Crippen MR) is 141 cm³/mol. The van der Waals surface area contributed by atoms with Gasteiger partial charge in [-0.05, 0) is 6.92 Å². The molecule has 0 aromatic heterocycles. The summed E-state index contributed by atoms with van der Waals surface area (Å²) in [5.74, 6) is -3.33. The molecule has 3 saturated heterocycles. The predicted octanol–water partition coefficient (Wildman–Crippen LogP) is -4.24. The standard InChI is InChI=1S/C24H45N3O12S/c1-9(40)5-26-16-19(32)20(38-22-17(27-12(4)30)18(31)10(2)13(6-28)36-22)14(7-29)37-23(16)39-24(34)8-35-11(3)15(25)21(24)33/h9-11,13-23,26,28-29,31-34,40H,5-8,25H2,1-4H3,(H,27,30)/t9?,10-,11-,13?,14?,15?,16?,17?,18-,19+,20+,21+,22-,23-,24+/m0/s1. The summed E-state index contributed by atoms with van der Waals surface area (Å²) in [5.41, 5.74) is 5.96. The van der Waals surface area contributed by atoms with Gasteiger partial charge in [0.25, 0.3) is 0 Å².